The van der Waals surface area contributed by atoms with Crippen LogP contribution in [0.25, 0.3) is 0 Å². The molecule has 1 fully saturated rings. The van der Waals surface area contributed by atoms with Crippen LogP contribution in [0.3, 0.4) is 0 Å². The van der Waals surface area contributed by atoms with Crippen LogP contribution in [0.4, 0.5) is 5.69 Å². The van der Waals surface area contributed by atoms with Crippen LogP contribution in [-0.2, 0) is 6.42 Å². The van der Waals surface area contributed by atoms with Gasteiger partial charge in [0.25, 0.3) is 0 Å². The molecular weight excluding hydrogens is 198 g/mol. The molecule has 0 bridgehead atoms. The standard InChI is InChI=1S/C14H21NO/c1-2-3-12-4-6-13(7-5-12)15-10-8-14(16)9-11-15/h4-7,14,16H,2-3,8-11H2,1H3. The number of benzene rings is 1. The van der Waals surface area contributed by atoms with E-state index >= 15 is 0 Å². The molecule has 0 saturated carbocycles. The van der Waals surface area contributed by atoms with Gasteiger partial charge in [0.2, 0.25) is 0 Å². The van der Waals surface area contributed by atoms with Crippen LogP contribution in [0.15, 0.2) is 24.3 Å². The Hall–Kier alpha value is -1.02. The number of hydrogen-bond acceptors (Lipinski definition) is 2. The van der Waals surface area contributed by atoms with Crippen molar-refractivity contribution in [1.82, 2.24) is 0 Å². The molecule has 0 unspecified atom stereocenters. The van der Waals surface area contributed by atoms with E-state index in [4.69, 9.17) is 0 Å². The molecule has 1 N–H and O–H groups in total. The van der Waals surface area contributed by atoms with Gasteiger partial charge in [0, 0.05) is 18.8 Å². The monoisotopic (exact) mass is 219 g/mol. The number of hydrogen-bond donors (Lipinski definition) is 1. The molecule has 1 heterocycles. The fraction of sp³-hybridized carbons (Fsp3) is 0.571. The third kappa shape index (κ3) is 2.76. The van der Waals surface area contributed by atoms with Crippen LogP contribution in [0, 0.1) is 0 Å². The maximum Gasteiger partial charge on any atom is 0.0574 e. The zero-order valence-electron chi connectivity index (χ0n) is 10.0. The summed E-state index contributed by atoms with van der Waals surface area (Å²) in [5.74, 6) is 0. The van der Waals surface area contributed by atoms with E-state index in [0.717, 1.165) is 25.9 Å². The predicted molar refractivity (Wildman–Crippen MR) is 67.9 cm³/mol. The van der Waals surface area contributed by atoms with Gasteiger partial charge in [-0.2, -0.15) is 0 Å². The number of aliphatic hydroxyl groups excluding tert-OH is 1. The highest BCUT2D eigenvalue weighted by molar-refractivity contribution is 5.48. The summed E-state index contributed by atoms with van der Waals surface area (Å²) in [5, 5.41) is 9.46. The summed E-state index contributed by atoms with van der Waals surface area (Å²) in [5.41, 5.74) is 2.72. The average molecular weight is 219 g/mol. The Morgan fingerprint density at radius 1 is 1.19 bits per heavy atom. The topological polar surface area (TPSA) is 23.5 Å². The van der Waals surface area contributed by atoms with E-state index in [2.05, 4.69) is 36.1 Å². The number of aryl methyl sites for hydroxylation is 1. The van der Waals surface area contributed by atoms with Crippen LogP contribution in [0.2, 0.25) is 0 Å². The number of piperidine rings is 1. The highest BCUT2D eigenvalue weighted by atomic mass is 16.3. The van der Waals surface area contributed by atoms with Gasteiger partial charge in [0.1, 0.15) is 0 Å². The van der Waals surface area contributed by atoms with E-state index < -0.39 is 0 Å². The molecule has 1 saturated heterocycles. The van der Waals surface area contributed by atoms with Crippen molar-refractivity contribution >= 4 is 5.69 Å². The third-order valence-electron chi connectivity index (χ3n) is 3.30. The quantitative estimate of drug-likeness (QED) is 0.844. The van der Waals surface area contributed by atoms with Crippen molar-refractivity contribution < 1.29 is 5.11 Å². The summed E-state index contributed by atoms with van der Waals surface area (Å²) in [6.07, 6.45) is 4.08. The maximum atomic E-state index is 9.46. The number of rotatable bonds is 3. The summed E-state index contributed by atoms with van der Waals surface area (Å²) < 4.78 is 0. The molecule has 0 aliphatic carbocycles. The normalized spacial score (nSPS) is 17.8. The first kappa shape index (κ1) is 11.5. The molecule has 2 rings (SSSR count). The first-order valence-corrected chi connectivity index (χ1v) is 6.31. The lowest BCUT2D eigenvalue weighted by molar-refractivity contribution is 0.145. The summed E-state index contributed by atoms with van der Waals surface area (Å²) in [6, 6.07) is 8.87. The predicted octanol–water partition coefficient (Wildman–Crippen LogP) is 2.60. The Balaban J connectivity index is 1.98. The second-order valence-corrected chi connectivity index (χ2v) is 4.63. The second-order valence-electron chi connectivity index (χ2n) is 4.63. The van der Waals surface area contributed by atoms with E-state index in [1.807, 2.05) is 0 Å². The third-order valence-corrected chi connectivity index (χ3v) is 3.30. The SMILES string of the molecule is CCCc1ccc(N2CCC(O)CC2)cc1. The van der Waals surface area contributed by atoms with Crippen molar-refractivity contribution in [1.29, 1.82) is 0 Å². The Bertz CT molecular complexity index is 312. The molecule has 0 amide bonds. The molecule has 16 heavy (non-hydrogen) atoms. The summed E-state index contributed by atoms with van der Waals surface area (Å²) >= 11 is 0. The van der Waals surface area contributed by atoms with Gasteiger partial charge in [-0.1, -0.05) is 25.5 Å². The van der Waals surface area contributed by atoms with Crippen LogP contribution in [0.5, 0.6) is 0 Å². The minimum Gasteiger partial charge on any atom is -0.393 e. The minimum absolute atomic E-state index is 0.0874. The highest BCUT2D eigenvalue weighted by Crippen LogP contribution is 2.20. The Morgan fingerprint density at radius 3 is 2.38 bits per heavy atom. The highest BCUT2D eigenvalue weighted by Gasteiger charge is 2.16. The molecule has 2 nitrogen and oxygen atoms in total. The minimum atomic E-state index is -0.0874. The number of aliphatic hydroxyl groups is 1. The van der Waals surface area contributed by atoms with E-state index in [1.54, 1.807) is 0 Å². The van der Waals surface area contributed by atoms with Gasteiger partial charge in [-0.05, 0) is 37.0 Å². The van der Waals surface area contributed by atoms with Crippen molar-refractivity contribution in [2.45, 2.75) is 38.7 Å². The summed E-state index contributed by atoms with van der Waals surface area (Å²) in [4.78, 5) is 2.36. The van der Waals surface area contributed by atoms with Crippen LogP contribution >= 0.6 is 0 Å². The zero-order valence-corrected chi connectivity index (χ0v) is 10.0. The Kier molecular flexibility index (Phi) is 3.83. The first-order chi connectivity index (χ1) is 7.79. The van der Waals surface area contributed by atoms with Crippen molar-refractivity contribution in [3.63, 3.8) is 0 Å². The summed E-state index contributed by atoms with van der Waals surface area (Å²) in [6.45, 7) is 4.17. The number of nitrogens with zero attached hydrogens (tertiary/aromatic N) is 1. The van der Waals surface area contributed by atoms with Gasteiger partial charge < -0.3 is 10.0 Å². The molecule has 1 aliphatic rings. The van der Waals surface area contributed by atoms with E-state index in [1.165, 1.54) is 24.1 Å². The van der Waals surface area contributed by atoms with E-state index in [9.17, 15) is 5.11 Å². The van der Waals surface area contributed by atoms with Crippen LogP contribution < -0.4 is 4.90 Å². The zero-order chi connectivity index (χ0) is 11.4. The van der Waals surface area contributed by atoms with Gasteiger partial charge in [-0.15, -0.1) is 0 Å². The smallest absolute Gasteiger partial charge is 0.0574 e. The lowest BCUT2D eigenvalue weighted by atomic mass is 10.1. The molecule has 0 radical (unpaired) electrons. The van der Waals surface area contributed by atoms with E-state index in [-0.39, 0.29) is 6.10 Å². The van der Waals surface area contributed by atoms with Crippen molar-refractivity contribution in [2.24, 2.45) is 0 Å². The van der Waals surface area contributed by atoms with Gasteiger partial charge in [-0.3, -0.25) is 0 Å². The van der Waals surface area contributed by atoms with Crippen molar-refractivity contribution in [2.75, 3.05) is 18.0 Å². The molecule has 0 spiro atoms. The summed E-state index contributed by atoms with van der Waals surface area (Å²) in [7, 11) is 0. The number of anilines is 1. The molecule has 88 valence electrons. The average Bonchev–Trinajstić information content (AvgIpc) is 2.32. The van der Waals surface area contributed by atoms with Crippen LogP contribution in [-0.4, -0.2) is 24.3 Å². The fourth-order valence-corrected chi connectivity index (χ4v) is 2.29. The largest absolute Gasteiger partial charge is 0.393 e. The van der Waals surface area contributed by atoms with Gasteiger partial charge in [0.15, 0.2) is 0 Å². The van der Waals surface area contributed by atoms with Gasteiger partial charge in [-0.25, -0.2) is 0 Å². The van der Waals surface area contributed by atoms with Gasteiger partial charge in [0.05, 0.1) is 6.10 Å². The van der Waals surface area contributed by atoms with Gasteiger partial charge >= 0.3 is 0 Å². The molecule has 0 aromatic heterocycles. The second kappa shape index (κ2) is 5.35. The lowest BCUT2D eigenvalue weighted by Gasteiger charge is -2.31. The maximum absolute atomic E-state index is 9.46. The first-order valence-electron chi connectivity index (χ1n) is 6.31. The molecule has 1 aromatic carbocycles. The Labute approximate surface area is 97.9 Å². The molecular formula is C14H21NO. The van der Waals surface area contributed by atoms with Crippen LogP contribution in [0.1, 0.15) is 31.7 Å². The van der Waals surface area contributed by atoms with Crippen molar-refractivity contribution in [3.8, 4) is 0 Å². The fourth-order valence-electron chi connectivity index (χ4n) is 2.29. The van der Waals surface area contributed by atoms with Crippen molar-refractivity contribution in [3.05, 3.63) is 29.8 Å². The molecule has 1 aromatic rings. The van der Waals surface area contributed by atoms with E-state index in [0.29, 0.717) is 0 Å². The molecule has 0 atom stereocenters. The molecule has 1 aliphatic heterocycles. The Morgan fingerprint density at radius 2 is 1.81 bits per heavy atom. The molecule has 2 heteroatoms. The lowest BCUT2D eigenvalue weighted by Crippen LogP contribution is -2.35.